The molecule has 0 saturated carbocycles. The van der Waals surface area contributed by atoms with Crippen LogP contribution in [0.2, 0.25) is 5.02 Å². The molecule has 160 valence electrons. The van der Waals surface area contributed by atoms with Crippen LogP contribution in [0.25, 0.3) is 10.9 Å². The van der Waals surface area contributed by atoms with Gasteiger partial charge in [-0.2, -0.15) is 8.78 Å². The van der Waals surface area contributed by atoms with Gasteiger partial charge in [0.25, 0.3) is 11.3 Å². The van der Waals surface area contributed by atoms with Crippen LogP contribution in [0, 0.1) is 0 Å². The van der Waals surface area contributed by atoms with E-state index in [4.69, 9.17) is 21.1 Å². The molecular formula is C20H19ClF2N2O3S2. The number of nitrogens with zero attached hydrogens (tertiary/aromatic N) is 2. The molecule has 5 nitrogen and oxygen atoms in total. The zero-order valence-electron chi connectivity index (χ0n) is 16.2. The normalized spacial score (nSPS) is 11.4. The SMILES string of the molecule is COCCn1c(SCc2ccc(SC(F)F)c(OC)c2)nc2cc(Cl)ccc2c1=O. The lowest BCUT2D eigenvalue weighted by molar-refractivity contribution is 0.183. The third-order valence-corrected chi connectivity index (χ3v) is 6.27. The molecule has 0 bridgehead atoms. The largest absolute Gasteiger partial charge is 0.496 e. The van der Waals surface area contributed by atoms with E-state index in [9.17, 15) is 13.6 Å². The zero-order valence-corrected chi connectivity index (χ0v) is 18.6. The zero-order chi connectivity index (χ0) is 21.7. The Balaban J connectivity index is 1.91. The van der Waals surface area contributed by atoms with Crippen molar-refractivity contribution in [2.24, 2.45) is 0 Å². The van der Waals surface area contributed by atoms with Gasteiger partial charge in [0.1, 0.15) is 5.75 Å². The number of benzene rings is 2. The van der Waals surface area contributed by atoms with E-state index < -0.39 is 5.76 Å². The molecule has 3 rings (SSSR count). The average Bonchev–Trinajstić information content (AvgIpc) is 2.71. The first-order chi connectivity index (χ1) is 14.4. The molecule has 0 aliphatic carbocycles. The maximum atomic E-state index is 12.9. The summed E-state index contributed by atoms with van der Waals surface area (Å²) in [5, 5.41) is 1.50. The molecular weight excluding hydrogens is 454 g/mol. The number of thioether (sulfide) groups is 2. The Labute approximate surface area is 185 Å². The second-order valence-electron chi connectivity index (χ2n) is 6.16. The third-order valence-electron chi connectivity index (χ3n) is 4.21. The molecule has 0 spiro atoms. The van der Waals surface area contributed by atoms with E-state index in [-0.39, 0.29) is 5.56 Å². The second-order valence-corrected chi connectivity index (χ2v) is 8.57. The maximum Gasteiger partial charge on any atom is 0.289 e. The first kappa shape index (κ1) is 22.9. The van der Waals surface area contributed by atoms with Gasteiger partial charge >= 0.3 is 0 Å². The number of alkyl halides is 2. The van der Waals surface area contributed by atoms with Crippen LogP contribution in [-0.2, 0) is 17.0 Å². The van der Waals surface area contributed by atoms with Crippen LogP contribution in [-0.4, -0.2) is 36.1 Å². The Bertz CT molecular complexity index is 1100. The Kier molecular flexibility index (Phi) is 7.99. The molecule has 0 aliphatic rings. The van der Waals surface area contributed by atoms with Gasteiger partial charge in [0.15, 0.2) is 5.16 Å². The number of hydrogen-bond acceptors (Lipinski definition) is 6. The molecule has 1 aromatic heterocycles. The predicted molar refractivity (Wildman–Crippen MR) is 117 cm³/mol. The summed E-state index contributed by atoms with van der Waals surface area (Å²) in [6.07, 6.45) is 0. The monoisotopic (exact) mass is 472 g/mol. The summed E-state index contributed by atoms with van der Waals surface area (Å²) in [4.78, 5) is 17.9. The number of halogens is 3. The molecule has 0 fully saturated rings. The van der Waals surface area contributed by atoms with E-state index in [0.717, 1.165) is 5.56 Å². The highest BCUT2D eigenvalue weighted by Gasteiger charge is 2.14. The lowest BCUT2D eigenvalue weighted by atomic mass is 10.2. The minimum atomic E-state index is -2.53. The van der Waals surface area contributed by atoms with Gasteiger partial charge in [-0.3, -0.25) is 9.36 Å². The van der Waals surface area contributed by atoms with Gasteiger partial charge in [-0.05, 0) is 35.9 Å². The summed E-state index contributed by atoms with van der Waals surface area (Å²) in [5.74, 6) is -1.67. The minimum Gasteiger partial charge on any atom is -0.496 e. The van der Waals surface area contributed by atoms with Gasteiger partial charge in [-0.25, -0.2) is 4.98 Å². The standard InChI is InChI=1S/C20H19ClF2N2O3S2/c1-27-8-7-25-18(26)14-5-4-13(21)10-15(14)24-20(25)29-11-12-3-6-17(30-19(22)23)16(9-12)28-2/h3-6,9-10,19H,7-8,11H2,1-2H3. The summed E-state index contributed by atoms with van der Waals surface area (Å²) < 4.78 is 37.3. The predicted octanol–water partition coefficient (Wildman–Crippen LogP) is 5.31. The summed E-state index contributed by atoms with van der Waals surface area (Å²) in [5.41, 5.74) is 1.21. The van der Waals surface area contributed by atoms with Crippen LogP contribution in [0.3, 0.4) is 0 Å². The lowest BCUT2D eigenvalue weighted by Crippen LogP contribution is -2.25. The van der Waals surface area contributed by atoms with Crippen molar-refractivity contribution in [3.63, 3.8) is 0 Å². The molecule has 10 heteroatoms. The molecule has 0 aliphatic heterocycles. The van der Waals surface area contributed by atoms with Crippen LogP contribution in [0.15, 0.2) is 51.2 Å². The molecule has 0 radical (unpaired) electrons. The maximum absolute atomic E-state index is 12.9. The average molecular weight is 473 g/mol. The van der Waals surface area contributed by atoms with Crippen LogP contribution >= 0.6 is 35.1 Å². The van der Waals surface area contributed by atoms with Gasteiger partial charge in [-0.1, -0.05) is 41.2 Å². The number of rotatable bonds is 9. The van der Waals surface area contributed by atoms with Crippen molar-refractivity contribution in [3.8, 4) is 5.75 Å². The number of ether oxygens (including phenoxy) is 2. The van der Waals surface area contributed by atoms with E-state index in [1.54, 1.807) is 48.1 Å². The second kappa shape index (κ2) is 10.5. The van der Waals surface area contributed by atoms with Crippen molar-refractivity contribution in [3.05, 3.63) is 57.3 Å². The lowest BCUT2D eigenvalue weighted by Gasteiger charge is -2.14. The summed E-state index contributed by atoms with van der Waals surface area (Å²) >= 11 is 7.87. The van der Waals surface area contributed by atoms with Gasteiger partial charge in [0.05, 0.1) is 36.1 Å². The smallest absolute Gasteiger partial charge is 0.289 e. The van der Waals surface area contributed by atoms with Crippen LogP contribution in [0.1, 0.15) is 5.56 Å². The minimum absolute atomic E-state index is 0.169. The Hall–Kier alpha value is -1.81. The van der Waals surface area contributed by atoms with Gasteiger partial charge < -0.3 is 9.47 Å². The van der Waals surface area contributed by atoms with Crippen molar-refractivity contribution < 1.29 is 18.3 Å². The summed E-state index contributed by atoms with van der Waals surface area (Å²) in [6, 6.07) is 10.1. The molecule has 0 saturated heterocycles. The number of aromatic nitrogens is 2. The molecule has 3 aromatic rings. The van der Waals surface area contributed by atoms with Crippen molar-refractivity contribution in [2.75, 3.05) is 20.8 Å². The van der Waals surface area contributed by atoms with E-state index in [0.29, 0.717) is 62.4 Å². The fourth-order valence-corrected chi connectivity index (χ4v) is 4.54. The van der Waals surface area contributed by atoms with Gasteiger partial charge in [-0.15, -0.1) is 0 Å². The third kappa shape index (κ3) is 5.46. The Morgan fingerprint density at radius 3 is 2.70 bits per heavy atom. The highest BCUT2D eigenvalue weighted by atomic mass is 35.5. The van der Waals surface area contributed by atoms with Crippen molar-refractivity contribution in [1.82, 2.24) is 9.55 Å². The van der Waals surface area contributed by atoms with E-state index in [2.05, 4.69) is 4.98 Å². The van der Waals surface area contributed by atoms with Crippen molar-refractivity contribution >= 4 is 46.0 Å². The first-order valence-electron chi connectivity index (χ1n) is 8.86. The molecule has 0 amide bonds. The molecule has 0 atom stereocenters. The van der Waals surface area contributed by atoms with E-state index in [1.807, 2.05) is 0 Å². The summed E-state index contributed by atoms with van der Waals surface area (Å²) in [7, 11) is 3.01. The van der Waals surface area contributed by atoms with Crippen molar-refractivity contribution in [2.45, 2.75) is 28.1 Å². The summed E-state index contributed by atoms with van der Waals surface area (Å²) in [6.45, 7) is 0.720. The van der Waals surface area contributed by atoms with Crippen molar-refractivity contribution in [1.29, 1.82) is 0 Å². The Morgan fingerprint density at radius 1 is 1.20 bits per heavy atom. The molecule has 1 heterocycles. The number of hydrogen-bond donors (Lipinski definition) is 0. The molecule has 30 heavy (non-hydrogen) atoms. The highest BCUT2D eigenvalue weighted by molar-refractivity contribution is 7.99. The van der Waals surface area contributed by atoms with Crippen LogP contribution in [0.5, 0.6) is 5.75 Å². The number of methoxy groups -OCH3 is 2. The van der Waals surface area contributed by atoms with Crippen LogP contribution in [0.4, 0.5) is 8.78 Å². The molecule has 0 N–H and O–H groups in total. The first-order valence-corrected chi connectivity index (χ1v) is 11.1. The van der Waals surface area contributed by atoms with Crippen LogP contribution < -0.4 is 10.3 Å². The van der Waals surface area contributed by atoms with E-state index in [1.165, 1.54) is 18.9 Å². The fourth-order valence-electron chi connectivity index (χ4n) is 2.81. The fraction of sp³-hybridized carbons (Fsp3) is 0.300. The highest BCUT2D eigenvalue weighted by Crippen LogP contribution is 2.35. The Morgan fingerprint density at radius 2 is 2.00 bits per heavy atom. The topological polar surface area (TPSA) is 53.4 Å². The molecule has 0 unspecified atom stereocenters. The van der Waals surface area contributed by atoms with Gasteiger partial charge in [0.2, 0.25) is 0 Å². The quantitative estimate of drug-likeness (QED) is 0.310. The van der Waals surface area contributed by atoms with Gasteiger partial charge in [0, 0.05) is 17.9 Å². The van der Waals surface area contributed by atoms with E-state index >= 15 is 0 Å². The molecule has 2 aromatic carbocycles. The number of fused-ring (bicyclic) bond motifs is 1.